The first-order valence-electron chi connectivity index (χ1n) is 6.07. The first-order chi connectivity index (χ1) is 8.62. The molecule has 0 saturated carbocycles. The molecule has 1 N–H and O–H groups in total. The van der Waals surface area contributed by atoms with Crippen molar-refractivity contribution in [3.8, 4) is 5.75 Å². The molecule has 4 nitrogen and oxygen atoms in total. The second-order valence-corrected chi connectivity index (χ2v) is 4.08. The van der Waals surface area contributed by atoms with Crippen LogP contribution in [-0.2, 0) is 17.6 Å². The largest absolute Gasteiger partial charge is 0.481 e. The highest BCUT2D eigenvalue weighted by atomic mass is 16.5. The van der Waals surface area contributed by atoms with Gasteiger partial charge in [-0.15, -0.1) is 0 Å². The Hall–Kier alpha value is -1.84. The molecule has 0 heterocycles. The van der Waals surface area contributed by atoms with Gasteiger partial charge in [0.15, 0.2) is 12.9 Å². The molecule has 0 atom stereocenters. The van der Waals surface area contributed by atoms with E-state index in [0.717, 1.165) is 36.7 Å². The fraction of sp³-hybridized carbons (Fsp3) is 0.429. The third-order valence-corrected chi connectivity index (χ3v) is 2.65. The lowest BCUT2D eigenvalue weighted by atomic mass is 10.00. The van der Waals surface area contributed by atoms with Gasteiger partial charge in [0.25, 0.3) is 0 Å². The number of hydrogen-bond donors (Lipinski definition) is 1. The Kier molecular flexibility index (Phi) is 5.36. The van der Waals surface area contributed by atoms with Gasteiger partial charge in [-0.25, -0.2) is 4.79 Å². The number of carbonyl (C=O) groups is 2. The molecule has 0 bridgehead atoms. The molecular formula is C14H18O4. The average molecular weight is 250 g/mol. The van der Waals surface area contributed by atoms with Gasteiger partial charge in [0, 0.05) is 0 Å². The number of rotatable bonds is 7. The van der Waals surface area contributed by atoms with Crippen molar-refractivity contribution in [2.24, 2.45) is 0 Å². The van der Waals surface area contributed by atoms with Gasteiger partial charge >= 0.3 is 5.97 Å². The highest BCUT2D eigenvalue weighted by molar-refractivity contribution is 5.81. The van der Waals surface area contributed by atoms with Crippen molar-refractivity contribution in [3.63, 3.8) is 0 Å². The van der Waals surface area contributed by atoms with E-state index in [2.05, 4.69) is 0 Å². The Bertz CT molecular complexity index is 438. The molecule has 4 heteroatoms. The standard InChI is InChI=1S/C14H18O4/c1-3-5-11-6-10(4-2)7-12(8-15)14(11)18-9-13(16)17/h6-8H,3-5,9H2,1-2H3,(H,16,17). The van der Waals surface area contributed by atoms with Crippen molar-refractivity contribution >= 4 is 12.3 Å². The maximum atomic E-state index is 11.1. The Labute approximate surface area is 107 Å². The fourth-order valence-electron chi connectivity index (χ4n) is 1.84. The lowest BCUT2D eigenvalue weighted by molar-refractivity contribution is -0.139. The SMILES string of the molecule is CCCc1cc(CC)cc(C=O)c1OCC(=O)O. The molecule has 0 spiro atoms. The second kappa shape index (κ2) is 6.79. The van der Waals surface area contributed by atoms with Crippen LogP contribution < -0.4 is 4.74 Å². The number of aldehydes is 1. The monoisotopic (exact) mass is 250 g/mol. The summed E-state index contributed by atoms with van der Waals surface area (Å²) < 4.78 is 5.24. The summed E-state index contributed by atoms with van der Waals surface area (Å²) in [5, 5.41) is 8.65. The zero-order valence-electron chi connectivity index (χ0n) is 10.7. The van der Waals surface area contributed by atoms with Crippen LogP contribution in [0.2, 0.25) is 0 Å². The van der Waals surface area contributed by atoms with E-state index in [-0.39, 0.29) is 0 Å². The Morgan fingerprint density at radius 2 is 2.11 bits per heavy atom. The van der Waals surface area contributed by atoms with Crippen LogP contribution in [0.25, 0.3) is 0 Å². The van der Waals surface area contributed by atoms with Gasteiger partial charge in [-0.1, -0.05) is 26.3 Å². The third kappa shape index (κ3) is 3.58. The van der Waals surface area contributed by atoms with Crippen molar-refractivity contribution < 1.29 is 19.4 Å². The van der Waals surface area contributed by atoms with Crippen molar-refractivity contribution in [3.05, 3.63) is 28.8 Å². The molecule has 1 rings (SSSR count). The van der Waals surface area contributed by atoms with E-state index in [9.17, 15) is 9.59 Å². The summed E-state index contributed by atoms with van der Waals surface area (Å²) in [6, 6.07) is 3.73. The minimum absolute atomic E-state index is 0.409. The molecular weight excluding hydrogens is 232 g/mol. The summed E-state index contributed by atoms with van der Waals surface area (Å²) in [7, 11) is 0. The Balaban J connectivity index is 3.16. The van der Waals surface area contributed by atoms with Crippen LogP contribution in [0.3, 0.4) is 0 Å². The average Bonchev–Trinajstić information content (AvgIpc) is 2.36. The molecule has 0 fully saturated rings. The lowest BCUT2D eigenvalue weighted by Crippen LogP contribution is -2.12. The molecule has 0 radical (unpaired) electrons. The van der Waals surface area contributed by atoms with Crippen LogP contribution in [0.15, 0.2) is 12.1 Å². The summed E-state index contributed by atoms with van der Waals surface area (Å²) in [5.74, 6) is -0.639. The van der Waals surface area contributed by atoms with Crippen LogP contribution in [0.1, 0.15) is 41.8 Å². The van der Waals surface area contributed by atoms with Crippen LogP contribution >= 0.6 is 0 Å². The summed E-state index contributed by atoms with van der Waals surface area (Å²) in [6.07, 6.45) is 3.23. The van der Waals surface area contributed by atoms with Gasteiger partial charge in [0.1, 0.15) is 5.75 Å². The molecule has 0 aromatic heterocycles. The quantitative estimate of drug-likeness (QED) is 0.755. The fourth-order valence-corrected chi connectivity index (χ4v) is 1.84. The van der Waals surface area contributed by atoms with Gasteiger partial charge in [-0.3, -0.25) is 4.79 Å². The molecule has 0 aliphatic carbocycles. The highest BCUT2D eigenvalue weighted by Crippen LogP contribution is 2.26. The van der Waals surface area contributed by atoms with E-state index in [1.54, 1.807) is 6.07 Å². The van der Waals surface area contributed by atoms with Gasteiger partial charge in [-0.05, 0) is 30.0 Å². The molecule has 1 aromatic rings. The summed E-state index contributed by atoms with van der Waals surface area (Å²) in [6.45, 7) is 3.61. The zero-order chi connectivity index (χ0) is 13.5. The Morgan fingerprint density at radius 3 is 2.61 bits per heavy atom. The molecule has 0 saturated heterocycles. The molecule has 98 valence electrons. The zero-order valence-corrected chi connectivity index (χ0v) is 10.7. The normalized spacial score (nSPS) is 10.1. The van der Waals surface area contributed by atoms with Crippen LogP contribution in [0.4, 0.5) is 0 Å². The van der Waals surface area contributed by atoms with Gasteiger partial charge in [0.2, 0.25) is 0 Å². The summed E-state index contributed by atoms with van der Waals surface area (Å²) in [4.78, 5) is 21.6. The van der Waals surface area contributed by atoms with Crippen LogP contribution in [0.5, 0.6) is 5.75 Å². The maximum absolute atomic E-state index is 11.1. The van der Waals surface area contributed by atoms with Crippen molar-refractivity contribution in [2.75, 3.05) is 6.61 Å². The number of carbonyl (C=O) groups excluding carboxylic acids is 1. The topological polar surface area (TPSA) is 63.6 Å². The number of carboxylic acids is 1. The highest BCUT2D eigenvalue weighted by Gasteiger charge is 2.12. The second-order valence-electron chi connectivity index (χ2n) is 4.08. The minimum atomic E-state index is -1.05. The van der Waals surface area contributed by atoms with E-state index < -0.39 is 12.6 Å². The molecule has 18 heavy (non-hydrogen) atoms. The van der Waals surface area contributed by atoms with E-state index in [1.807, 2.05) is 19.9 Å². The predicted molar refractivity (Wildman–Crippen MR) is 68.3 cm³/mol. The van der Waals surface area contributed by atoms with Crippen molar-refractivity contribution in [2.45, 2.75) is 33.1 Å². The van der Waals surface area contributed by atoms with Crippen LogP contribution in [-0.4, -0.2) is 24.0 Å². The van der Waals surface area contributed by atoms with Gasteiger partial charge in [0.05, 0.1) is 5.56 Å². The smallest absolute Gasteiger partial charge is 0.341 e. The number of aliphatic carboxylic acids is 1. The van der Waals surface area contributed by atoms with Crippen molar-refractivity contribution in [1.82, 2.24) is 0 Å². The first-order valence-corrected chi connectivity index (χ1v) is 6.07. The molecule has 0 amide bonds. The number of benzene rings is 1. The number of hydrogen-bond acceptors (Lipinski definition) is 3. The number of aryl methyl sites for hydroxylation is 2. The third-order valence-electron chi connectivity index (χ3n) is 2.65. The van der Waals surface area contributed by atoms with Gasteiger partial charge < -0.3 is 9.84 Å². The van der Waals surface area contributed by atoms with E-state index in [0.29, 0.717) is 11.3 Å². The van der Waals surface area contributed by atoms with E-state index in [1.165, 1.54) is 0 Å². The molecule has 1 aromatic carbocycles. The minimum Gasteiger partial charge on any atom is -0.481 e. The maximum Gasteiger partial charge on any atom is 0.341 e. The number of carboxylic acid groups (broad SMARTS) is 1. The lowest BCUT2D eigenvalue weighted by Gasteiger charge is -2.13. The predicted octanol–water partition coefficient (Wildman–Crippen LogP) is 2.48. The van der Waals surface area contributed by atoms with Gasteiger partial charge in [-0.2, -0.15) is 0 Å². The molecule has 0 unspecified atom stereocenters. The molecule has 0 aliphatic rings. The summed E-state index contributed by atoms with van der Waals surface area (Å²) in [5.41, 5.74) is 2.39. The first kappa shape index (κ1) is 14.2. The van der Waals surface area contributed by atoms with E-state index in [4.69, 9.17) is 9.84 Å². The Morgan fingerprint density at radius 1 is 1.39 bits per heavy atom. The van der Waals surface area contributed by atoms with Crippen LogP contribution in [0, 0.1) is 0 Å². The number of ether oxygens (including phenoxy) is 1. The van der Waals surface area contributed by atoms with Crippen molar-refractivity contribution in [1.29, 1.82) is 0 Å². The van der Waals surface area contributed by atoms with E-state index >= 15 is 0 Å². The molecule has 0 aliphatic heterocycles. The summed E-state index contributed by atoms with van der Waals surface area (Å²) >= 11 is 0.